The zero-order chi connectivity index (χ0) is 24.4. The number of nitro benzene ring substituents is 1. The summed E-state index contributed by atoms with van der Waals surface area (Å²) in [7, 11) is 0. The van der Waals surface area contributed by atoms with E-state index in [2.05, 4.69) is 12.1 Å². The van der Waals surface area contributed by atoms with Crippen molar-refractivity contribution < 1.29 is 14.4 Å². The van der Waals surface area contributed by atoms with E-state index in [1.807, 2.05) is 29.6 Å². The maximum atomic E-state index is 13.8. The van der Waals surface area contributed by atoms with Crippen LogP contribution in [0.25, 0.3) is 11.8 Å². The van der Waals surface area contributed by atoms with Gasteiger partial charge in [0.05, 0.1) is 32.8 Å². The minimum atomic E-state index is -0.477. The normalized spacial score (nSPS) is 17.9. The van der Waals surface area contributed by atoms with Crippen LogP contribution in [0, 0.1) is 10.1 Å². The Morgan fingerprint density at radius 2 is 1.94 bits per heavy atom. The highest BCUT2D eigenvalue weighted by Gasteiger charge is 2.33. The van der Waals surface area contributed by atoms with E-state index in [1.54, 1.807) is 28.0 Å². The van der Waals surface area contributed by atoms with Gasteiger partial charge in [-0.2, -0.15) is 0 Å². The Hall–Kier alpha value is -4.02. The summed E-state index contributed by atoms with van der Waals surface area (Å²) in [4.78, 5) is 31.7. The summed E-state index contributed by atoms with van der Waals surface area (Å²) in [6, 6.07) is 14.9. The molecule has 3 aliphatic rings. The predicted molar refractivity (Wildman–Crippen MR) is 136 cm³/mol. The number of thiazole rings is 1. The molecule has 4 aromatic rings. The molecule has 0 spiro atoms. The molecule has 10 heteroatoms. The van der Waals surface area contributed by atoms with Crippen LogP contribution in [0.2, 0.25) is 0 Å². The topological polar surface area (TPSA) is 96.0 Å². The van der Waals surface area contributed by atoms with Crippen molar-refractivity contribution in [1.82, 2.24) is 4.57 Å². The molecule has 1 aliphatic carbocycles. The smallest absolute Gasteiger partial charge is 0.280 e. The van der Waals surface area contributed by atoms with E-state index < -0.39 is 4.92 Å². The summed E-state index contributed by atoms with van der Waals surface area (Å²) in [6.45, 7) is 0.00592. The summed E-state index contributed by atoms with van der Waals surface area (Å²) in [5.41, 5.74) is 4.34. The first-order valence-electron chi connectivity index (χ1n) is 11.3. The number of benzene rings is 2. The van der Waals surface area contributed by atoms with Crippen LogP contribution < -0.4 is 24.4 Å². The first-order valence-corrected chi connectivity index (χ1v) is 13.0. The third kappa shape index (κ3) is 3.18. The molecule has 2 aromatic heterocycles. The first-order chi connectivity index (χ1) is 17.6. The largest absolute Gasteiger partial charge is 0.454 e. The molecule has 0 fully saturated rings. The number of aryl methyl sites for hydroxylation is 1. The van der Waals surface area contributed by atoms with Crippen molar-refractivity contribution in [3.63, 3.8) is 0 Å². The van der Waals surface area contributed by atoms with Crippen molar-refractivity contribution in [2.24, 2.45) is 4.99 Å². The van der Waals surface area contributed by atoms with E-state index in [0.29, 0.717) is 20.8 Å². The number of fused-ring (bicyclic) bond motifs is 4. The number of aromatic nitrogens is 1. The Morgan fingerprint density at radius 3 is 2.75 bits per heavy atom. The van der Waals surface area contributed by atoms with E-state index in [1.165, 1.54) is 23.0 Å². The lowest BCUT2D eigenvalue weighted by Gasteiger charge is -2.30. The van der Waals surface area contributed by atoms with E-state index in [0.717, 1.165) is 34.6 Å². The first kappa shape index (κ1) is 21.3. The van der Waals surface area contributed by atoms with Crippen molar-refractivity contribution in [3.8, 4) is 11.5 Å². The molecule has 0 N–H and O–H groups in total. The van der Waals surface area contributed by atoms with Crippen LogP contribution in [0.3, 0.4) is 0 Å². The van der Waals surface area contributed by atoms with Crippen molar-refractivity contribution >= 4 is 40.1 Å². The van der Waals surface area contributed by atoms with E-state index in [-0.39, 0.29) is 29.6 Å². The molecule has 7 rings (SSSR count). The van der Waals surface area contributed by atoms with Gasteiger partial charge >= 0.3 is 0 Å². The van der Waals surface area contributed by atoms with Gasteiger partial charge in [0.2, 0.25) is 6.79 Å². The summed E-state index contributed by atoms with van der Waals surface area (Å²) < 4.78 is 12.8. The van der Waals surface area contributed by atoms with Gasteiger partial charge in [0.15, 0.2) is 16.3 Å². The molecule has 2 aliphatic heterocycles. The van der Waals surface area contributed by atoms with Crippen LogP contribution in [-0.4, -0.2) is 16.3 Å². The second-order valence-corrected chi connectivity index (χ2v) is 10.6. The van der Waals surface area contributed by atoms with E-state index in [9.17, 15) is 14.9 Å². The zero-order valence-electron chi connectivity index (χ0n) is 18.7. The highest BCUT2D eigenvalue weighted by atomic mass is 32.1. The number of nitrogens with zero attached hydrogens (tertiary/aromatic N) is 3. The summed E-state index contributed by atoms with van der Waals surface area (Å²) in [5.74, 6) is 0.743. The van der Waals surface area contributed by atoms with Crippen molar-refractivity contribution in [3.05, 3.63) is 111 Å². The third-order valence-electron chi connectivity index (χ3n) is 6.69. The van der Waals surface area contributed by atoms with Gasteiger partial charge in [0.25, 0.3) is 11.2 Å². The SMILES string of the molecule is O=c1/c(=C\c2cc3c(cc2[N+](=O)[O-])OCO3)sc2n1[C@@H](c1cccs1)C1=C(N=2)c2ccccc2CC1. The van der Waals surface area contributed by atoms with E-state index in [4.69, 9.17) is 14.5 Å². The van der Waals surface area contributed by atoms with Gasteiger partial charge in [-0.05, 0) is 47.6 Å². The van der Waals surface area contributed by atoms with Crippen molar-refractivity contribution in [2.75, 3.05) is 6.79 Å². The van der Waals surface area contributed by atoms with Crippen LogP contribution in [0.5, 0.6) is 11.5 Å². The lowest BCUT2D eigenvalue weighted by atomic mass is 9.85. The van der Waals surface area contributed by atoms with E-state index >= 15 is 0 Å². The molecule has 0 amide bonds. The molecule has 2 aromatic carbocycles. The fraction of sp³-hybridized carbons (Fsp3) is 0.154. The molecule has 1 atom stereocenters. The zero-order valence-corrected chi connectivity index (χ0v) is 20.3. The monoisotopic (exact) mass is 515 g/mol. The Labute approximate surface area is 211 Å². The molecule has 178 valence electrons. The highest BCUT2D eigenvalue weighted by Crippen LogP contribution is 2.42. The molecular formula is C26H17N3O5S2. The van der Waals surface area contributed by atoms with Crippen molar-refractivity contribution in [2.45, 2.75) is 18.9 Å². The number of rotatable bonds is 3. The van der Waals surface area contributed by atoms with Crippen LogP contribution in [-0.2, 0) is 6.42 Å². The van der Waals surface area contributed by atoms with Gasteiger partial charge in [0, 0.05) is 10.4 Å². The van der Waals surface area contributed by atoms with Crippen LogP contribution in [0.4, 0.5) is 5.69 Å². The fourth-order valence-electron chi connectivity index (χ4n) is 5.08. The fourth-order valence-corrected chi connectivity index (χ4v) is 6.92. The molecule has 36 heavy (non-hydrogen) atoms. The second-order valence-electron chi connectivity index (χ2n) is 8.65. The maximum absolute atomic E-state index is 13.8. The molecule has 0 saturated heterocycles. The second kappa shape index (κ2) is 8.00. The number of thiophene rings is 1. The Morgan fingerprint density at radius 1 is 1.11 bits per heavy atom. The molecule has 0 bridgehead atoms. The number of hydrogen-bond donors (Lipinski definition) is 0. The van der Waals surface area contributed by atoms with Gasteiger partial charge in [-0.15, -0.1) is 11.3 Å². The number of hydrogen-bond acceptors (Lipinski definition) is 8. The number of nitro groups is 1. The molecule has 0 saturated carbocycles. The van der Waals surface area contributed by atoms with Crippen molar-refractivity contribution in [1.29, 1.82) is 0 Å². The third-order valence-corrected chi connectivity index (χ3v) is 8.60. The number of allylic oxidation sites excluding steroid dienone is 1. The number of ether oxygens (including phenoxy) is 2. The molecule has 8 nitrogen and oxygen atoms in total. The predicted octanol–water partition coefficient (Wildman–Crippen LogP) is 4.02. The minimum Gasteiger partial charge on any atom is -0.454 e. The lowest BCUT2D eigenvalue weighted by Crippen LogP contribution is -2.38. The van der Waals surface area contributed by atoms with Crippen LogP contribution in [0.15, 0.2) is 69.3 Å². The standard InChI is InChI=1S/C26H17N3O5S2/c30-25-22(11-15-10-19-20(34-13-33-19)12-18(15)29(31)32)36-26-27-23-16-5-2-1-4-14(16)7-8-17(23)24(28(25)26)21-6-3-9-35-21/h1-6,9-12,24H,7-8,13H2/b22-11+/t24-/m1/s1. The summed E-state index contributed by atoms with van der Waals surface area (Å²) in [5, 5.41) is 13.8. The van der Waals surface area contributed by atoms with Gasteiger partial charge in [-0.1, -0.05) is 41.7 Å². The quantitative estimate of drug-likeness (QED) is 0.303. The molecular weight excluding hydrogens is 498 g/mol. The molecule has 4 heterocycles. The highest BCUT2D eigenvalue weighted by molar-refractivity contribution is 7.10. The van der Waals surface area contributed by atoms with Crippen LogP contribution in [0.1, 0.15) is 34.0 Å². The Balaban J connectivity index is 1.48. The Kier molecular flexibility index (Phi) is 4.73. The minimum absolute atomic E-state index is 0.00592. The lowest BCUT2D eigenvalue weighted by molar-refractivity contribution is -0.385. The average molecular weight is 516 g/mol. The molecule has 0 unspecified atom stereocenters. The van der Waals surface area contributed by atoms with Gasteiger partial charge in [-0.25, -0.2) is 4.99 Å². The summed E-state index contributed by atoms with van der Waals surface area (Å²) >= 11 is 2.86. The Bertz CT molecular complexity index is 1780. The van der Waals surface area contributed by atoms with Gasteiger partial charge < -0.3 is 9.47 Å². The van der Waals surface area contributed by atoms with Gasteiger partial charge in [-0.3, -0.25) is 19.5 Å². The summed E-state index contributed by atoms with van der Waals surface area (Å²) in [6.07, 6.45) is 3.27. The average Bonchev–Trinajstić information content (AvgIpc) is 3.63. The van der Waals surface area contributed by atoms with Gasteiger partial charge in [0.1, 0.15) is 0 Å². The molecule has 0 radical (unpaired) electrons. The van der Waals surface area contributed by atoms with Crippen LogP contribution >= 0.6 is 22.7 Å². The maximum Gasteiger partial charge on any atom is 0.280 e.